The van der Waals surface area contributed by atoms with Gasteiger partial charge in [0.15, 0.2) is 5.76 Å². The molecular formula is C15H11N5O3S. The van der Waals surface area contributed by atoms with Crippen molar-refractivity contribution < 1.29 is 9.34 Å². The smallest absolute Gasteiger partial charge is 0.276 e. The van der Waals surface area contributed by atoms with Gasteiger partial charge in [-0.1, -0.05) is 12.1 Å². The molecule has 2 heterocycles. The van der Waals surface area contributed by atoms with Crippen molar-refractivity contribution in [2.75, 3.05) is 0 Å². The van der Waals surface area contributed by atoms with Crippen LogP contribution in [0, 0.1) is 14.9 Å². The van der Waals surface area contributed by atoms with Crippen molar-refractivity contribution in [2.45, 2.75) is 0 Å². The minimum atomic E-state index is -0.433. The second-order valence-electron chi connectivity index (χ2n) is 4.58. The van der Waals surface area contributed by atoms with Crippen molar-refractivity contribution >= 4 is 30.2 Å². The fourth-order valence-corrected chi connectivity index (χ4v) is 2.19. The fourth-order valence-electron chi connectivity index (χ4n) is 2.01. The van der Waals surface area contributed by atoms with Gasteiger partial charge in [-0.3, -0.25) is 10.1 Å². The SMILES string of the molecule is O=[N+]([O-])c1ccccc1/C=C/C=N\n1c(-c2ccco2)n[nH]c1=S. The van der Waals surface area contributed by atoms with E-state index in [-0.39, 0.29) is 5.69 Å². The molecule has 0 aliphatic heterocycles. The van der Waals surface area contributed by atoms with Crippen LogP contribution in [0.25, 0.3) is 17.7 Å². The molecule has 0 saturated carbocycles. The topological polar surface area (TPSA) is 102 Å². The summed E-state index contributed by atoms with van der Waals surface area (Å²) in [6, 6.07) is 9.91. The zero-order valence-corrected chi connectivity index (χ0v) is 13.0. The lowest BCUT2D eigenvalue weighted by molar-refractivity contribution is -0.385. The zero-order chi connectivity index (χ0) is 16.9. The number of hydrogen-bond donors (Lipinski definition) is 1. The molecule has 0 spiro atoms. The molecule has 1 N–H and O–H groups in total. The Hall–Kier alpha value is -3.33. The maximum atomic E-state index is 11.0. The lowest BCUT2D eigenvalue weighted by Crippen LogP contribution is -1.93. The Kier molecular flexibility index (Phi) is 4.43. The first-order valence-corrected chi connectivity index (χ1v) is 7.23. The summed E-state index contributed by atoms with van der Waals surface area (Å²) < 4.78 is 6.98. The number of hydrogen-bond acceptors (Lipinski definition) is 6. The molecule has 0 unspecified atom stereocenters. The second-order valence-corrected chi connectivity index (χ2v) is 4.97. The average Bonchev–Trinajstić information content (AvgIpc) is 3.22. The van der Waals surface area contributed by atoms with Crippen molar-refractivity contribution in [1.29, 1.82) is 0 Å². The third kappa shape index (κ3) is 3.20. The van der Waals surface area contributed by atoms with E-state index in [4.69, 9.17) is 16.6 Å². The molecule has 3 rings (SSSR count). The van der Waals surface area contributed by atoms with Gasteiger partial charge in [-0.15, -0.1) is 5.10 Å². The molecule has 8 nitrogen and oxygen atoms in total. The number of benzene rings is 1. The van der Waals surface area contributed by atoms with Gasteiger partial charge in [0, 0.05) is 12.3 Å². The molecule has 0 saturated heterocycles. The summed E-state index contributed by atoms with van der Waals surface area (Å²) in [6.45, 7) is 0. The van der Waals surface area contributed by atoms with E-state index >= 15 is 0 Å². The molecule has 0 aliphatic carbocycles. The van der Waals surface area contributed by atoms with Crippen LogP contribution >= 0.6 is 12.2 Å². The van der Waals surface area contributed by atoms with Gasteiger partial charge in [-0.05, 0) is 42.6 Å². The number of nitrogens with one attached hydrogen (secondary N) is 1. The number of aromatic nitrogens is 3. The second kappa shape index (κ2) is 6.84. The summed E-state index contributed by atoms with van der Waals surface area (Å²) in [5.74, 6) is 0.947. The summed E-state index contributed by atoms with van der Waals surface area (Å²) >= 11 is 5.12. The zero-order valence-electron chi connectivity index (χ0n) is 12.2. The molecule has 24 heavy (non-hydrogen) atoms. The lowest BCUT2D eigenvalue weighted by atomic mass is 10.2. The summed E-state index contributed by atoms with van der Waals surface area (Å²) in [5.41, 5.74) is 0.509. The van der Waals surface area contributed by atoms with E-state index in [0.717, 1.165) is 0 Å². The van der Waals surface area contributed by atoms with Crippen molar-refractivity contribution in [3.8, 4) is 11.6 Å². The van der Waals surface area contributed by atoms with Crippen molar-refractivity contribution in [2.24, 2.45) is 5.10 Å². The summed E-state index contributed by atoms with van der Waals surface area (Å²) in [6.07, 6.45) is 6.17. The van der Waals surface area contributed by atoms with E-state index in [9.17, 15) is 10.1 Å². The summed E-state index contributed by atoms with van der Waals surface area (Å²) in [4.78, 5) is 10.5. The van der Waals surface area contributed by atoms with Gasteiger partial charge in [-0.2, -0.15) is 9.78 Å². The number of furan rings is 1. The number of nitro groups is 1. The van der Waals surface area contributed by atoms with Crippen molar-refractivity contribution in [1.82, 2.24) is 14.9 Å². The highest BCUT2D eigenvalue weighted by Crippen LogP contribution is 2.19. The quantitative estimate of drug-likeness (QED) is 0.330. The van der Waals surface area contributed by atoms with Crippen molar-refractivity contribution in [3.05, 3.63) is 69.2 Å². The molecule has 0 bridgehead atoms. The highest BCUT2D eigenvalue weighted by atomic mass is 32.1. The number of allylic oxidation sites excluding steroid dienone is 1. The molecule has 1 aromatic carbocycles. The first-order valence-electron chi connectivity index (χ1n) is 6.82. The molecule has 9 heteroatoms. The number of nitrogens with zero attached hydrogens (tertiary/aromatic N) is 4. The predicted octanol–water partition coefficient (Wildman–Crippen LogP) is 3.66. The fraction of sp³-hybridized carbons (Fsp3) is 0. The third-order valence-electron chi connectivity index (χ3n) is 3.07. The van der Waals surface area contributed by atoms with Gasteiger partial charge in [0.1, 0.15) is 0 Å². The molecule has 0 fully saturated rings. The largest absolute Gasteiger partial charge is 0.461 e. The van der Waals surface area contributed by atoms with E-state index in [0.29, 0.717) is 21.9 Å². The van der Waals surface area contributed by atoms with Crippen LogP contribution in [0.2, 0.25) is 0 Å². The monoisotopic (exact) mass is 341 g/mol. The Balaban J connectivity index is 1.85. The van der Waals surface area contributed by atoms with Crippen molar-refractivity contribution in [3.63, 3.8) is 0 Å². The average molecular weight is 341 g/mol. The van der Waals surface area contributed by atoms with Crippen LogP contribution in [0.5, 0.6) is 0 Å². The molecule has 0 amide bonds. The normalized spacial score (nSPS) is 11.5. The number of H-pyrrole nitrogens is 1. The first kappa shape index (κ1) is 15.6. The standard InChI is InChI=1S/C15H11N5O3S/c21-20(22)12-7-2-1-5-11(12)6-3-9-16-19-14(17-18-15(19)24)13-8-4-10-23-13/h1-10H,(H,18,24)/b6-3+,16-9-. The number of aromatic amines is 1. The van der Waals surface area contributed by atoms with Crippen LogP contribution in [-0.2, 0) is 0 Å². The van der Waals surface area contributed by atoms with Gasteiger partial charge in [0.05, 0.1) is 16.7 Å². The van der Waals surface area contributed by atoms with Gasteiger partial charge in [0.25, 0.3) is 5.69 Å². The molecule has 0 aliphatic rings. The summed E-state index contributed by atoms with van der Waals surface area (Å²) in [7, 11) is 0. The number of nitro benzene ring substituents is 1. The maximum absolute atomic E-state index is 11.0. The maximum Gasteiger partial charge on any atom is 0.276 e. The molecule has 3 aromatic rings. The van der Waals surface area contributed by atoms with Gasteiger partial charge in [0.2, 0.25) is 10.6 Å². The van der Waals surface area contributed by atoms with E-state index in [1.165, 1.54) is 23.2 Å². The predicted molar refractivity (Wildman–Crippen MR) is 91.1 cm³/mol. The van der Waals surface area contributed by atoms with Crippen LogP contribution in [0.15, 0.2) is 58.3 Å². The van der Waals surface area contributed by atoms with E-state index in [1.807, 2.05) is 0 Å². The number of para-hydroxylation sites is 1. The number of rotatable bonds is 5. The Labute approximate surface area is 140 Å². The Bertz CT molecular complexity index is 969. The Morgan fingerprint density at radius 1 is 1.33 bits per heavy atom. The van der Waals surface area contributed by atoms with Crippen LogP contribution < -0.4 is 0 Å². The van der Waals surface area contributed by atoms with Gasteiger partial charge >= 0.3 is 0 Å². The third-order valence-corrected chi connectivity index (χ3v) is 3.33. The van der Waals surface area contributed by atoms with E-state index in [2.05, 4.69) is 15.3 Å². The van der Waals surface area contributed by atoms with Crippen LogP contribution in [-0.4, -0.2) is 26.0 Å². The van der Waals surface area contributed by atoms with E-state index in [1.54, 1.807) is 42.5 Å². The van der Waals surface area contributed by atoms with Gasteiger partial charge < -0.3 is 4.42 Å². The Morgan fingerprint density at radius 3 is 2.92 bits per heavy atom. The molecule has 0 atom stereocenters. The Morgan fingerprint density at radius 2 is 2.17 bits per heavy atom. The van der Waals surface area contributed by atoms with E-state index < -0.39 is 4.92 Å². The highest BCUT2D eigenvalue weighted by Gasteiger charge is 2.10. The van der Waals surface area contributed by atoms with Crippen LogP contribution in [0.3, 0.4) is 0 Å². The minimum Gasteiger partial charge on any atom is -0.461 e. The minimum absolute atomic E-state index is 0.0262. The summed E-state index contributed by atoms with van der Waals surface area (Å²) in [5, 5.41) is 21.8. The molecule has 2 aromatic heterocycles. The van der Waals surface area contributed by atoms with Gasteiger partial charge in [-0.25, -0.2) is 5.10 Å². The molecule has 120 valence electrons. The van der Waals surface area contributed by atoms with Crippen LogP contribution in [0.4, 0.5) is 5.69 Å². The lowest BCUT2D eigenvalue weighted by Gasteiger charge is -1.96. The molecular weight excluding hydrogens is 330 g/mol. The highest BCUT2D eigenvalue weighted by molar-refractivity contribution is 7.71. The molecule has 0 radical (unpaired) electrons. The van der Waals surface area contributed by atoms with Crippen LogP contribution in [0.1, 0.15) is 5.56 Å². The first-order chi connectivity index (χ1) is 11.7.